The molecule has 1 aromatic carbocycles. The van der Waals surface area contributed by atoms with Crippen LogP contribution in [0.3, 0.4) is 0 Å². The molecule has 2 aromatic rings. The van der Waals surface area contributed by atoms with Crippen molar-refractivity contribution in [3.05, 3.63) is 41.7 Å². The van der Waals surface area contributed by atoms with Gasteiger partial charge in [-0.2, -0.15) is 0 Å². The second kappa shape index (κ2) is 4.73. The van der Waals surface area contributed by atoms with Gasteiger partial charge in [0.1, 0.15) is 5.69 Å². The van der Waals surface area contributed by atoms with Crippen LogP contribution < -0.4 is 20.5 Å². The molecule has 0 unspecified atom stereocenters. The molecule has 1 aliphatic rings. The number of nitrogen functional groups attached to an aromatic ring is 1. The Balaban J connectivity index is 1.86. The summed E-state index contributed by atoms with van der Waals surface area (Å²) in [5.74, 6) is 0.820. The molecule has 1 amide bonds. The van der Waals surface area contributed by atoms with Crippen LogP contribution in [0.2, 0.25) is 0 Å². The molecule has 20 heavy (non-hydrogen) atoms. The fourth-order valence-corrected chi connectivity index (χ4v) is 1.92. The van der Waals surface area contributed by atoms with Gasteiger partial charge in [-0.15, -0.1) is 0 Å². The Morgan fingerprint density at radius 3 is 2.80 bits per heavy atom. The van der Waals surface area contributed by atoms with E-state index < -0.39 is 0 Å². The minimum Gasteiger partial charge on any atom is -0.454 e. The number of rotatable bonds is 2. The summed E-state index contributed by atoms with van der Waals surface area (Å²) < 4.78 is 10.5. The van der Waals surface area contributed by atoms with E-state index >= 15 is 0 Å². The second-order valence-electron chi connectivity index (χ2n) is 4.41. The van der Waals surface area contributed by atoms with E-state index in [2.05, 4.69) is 10.3 Å². The molecule has 2 heterocycles. The monoisotopic (exact) mass is 271 g/mol. The van der Waals surface area contributed by atoms with Crippen LogP contribution in [0.5, 0.6) is 11.5 Å². The first-order chi connectivity index (χ1) is 9.63. The first kappa shape index (κ1) is 12.3. The van der Waals surface area contributed by atoms with Crippen molar-refractivity contribution in [3.8, 4) is 11.5 Å². The number of hydrogen-bond donors (Lipinski definition) is 2. The zero-order chi connectivity index (χ0) is 14.1. The zero-order valence-corrected chi connectivity index (χ0v) is 10.8. The quantitative estimate of drug-likeness (QED) is 0.815. The summed E-state index contributed by atoms with van der Waals surface area (Å²) in [5.41, 5.74) is 7.88. The molecule has 6 heteroatoms. The maximum atomic E-state index is 12.1. The van der Waals surface area contributed by atoms with E-state index in [1.165, 1.54) is 0 Å². The van der Waals surface area contributed by atoms with E-state index in [1.807, 2.05) is 13.0 Å². The predicted octanol–water partition coefficient (Wildman–Crippen LogP) is 1.95. The molecule has 0 fully saturated rings. The number of fused-ring (bicyclic) bond motifs is 1. The van der Waals surface area contributed by atoms with Crippen molar-refractivity contribution >= 4 is 17.3 Å². The molecule has 0 atom stereocenters. The lowest BCUT2D eigenvalue weighted by atomic mass is 10.2. The van der Waals surface area contributed by atoms with Gasteiger partial charge >= 0.3 is 0 Å². The van der Waals surface area contributed by atoms with Gasteiger partial charge in [0.2, 0.25) is 6.79 Å². The van der Waals surface area contributed by atoms with Gasteiger partial charge in [0.25, 0.3) is 5.91 Å². The Morgan fingerprint density at radius 2 is 2.05 bits per heavy atom. The van der Waals surface area contributed by atoms with E-state index in [0.717, 1.165) is 5.69 Å². The van der Waals surface area contributed by atoms with Crippen molar-refractivity contribution in [2.24, 2.45) is 0 Å². The molecule has 0 bridgehead atoms. The highest BCUT2D eigenvalue weighted by molar-refractivity contribution is 6.04. The van der Waals surface area contributed by atoms with Crippen molar-refractivity contribution in [2.45, 2.75) is 6.92 Å². The Hall–Kier alpha value is -2.76. The lowest BCUT2D eigenvalue weighted by molar-refractivity contribution is 0.102. The predicted molar refractivity (Wildman–Crippen MR) is 73.9 cm³/mol. The van der Waals surface area contributed by atoms with E-state index in [4.69, 9.17) is 15.2 Å². The van der Waals surface area contributed by atoms with Crippen LogP contribution in [0.25, 0.3) is 0 Å². The Kier molecular flexibility index (Phi) is 2.90. The van der Waals surface area contributed by atoms with Crippen molar-refractivity contribution in [1.82, 2.24) is 4.98 Å². The van der Waals surface area contributed by atoms with Gasteiger partial charge in [0.05, 0.1) is 11.4 Å². The van der Waals surface area contributed by atoms with E-state index in [1.54, 1.807) is 24.3 Å². The zero-order valence-electron chi connectivity index (χ0n) is 10.8. The van der Waals surface area contributed by atoms with Crippen LogP contribution in [0, 0.1) is 6.92 Å². The standard InChI is InChI=1S/C14H13N3O3/c1-8-3-2-4-10(16-8)14(18)17-11-6-13-12(5-9(11)15)19-7-20-13/h2-6H,7,15H2,1H3,(H,17,18). The molecule has 0 saturated carbocycles. The van der Waals surface area contributed by atoms with Crippen molar-refractivity contribution in [3.63, 3.8) is 0 Å². The van der Waals surface area contributed by atoms with Crippen LogP contribution in [0.15, 0.2) is 30.3 Å². The molecule has 3 N–H and O–H groups in total. The van der Waals surface area contributed by atoms with Gasteiger partial charge in [0.15, 0.2) is 11.5 Å². The third-order valence-electron chi connectivity index (χ3n) is 2.91. The average Bonchev–Trinajstić information content (AvgIpc) is 2.86. The maximum absolute atomic E-state index is 12.1. The number of anilines is 2. The number of nitrogens with two attached hydrogens (primary N) is 1. The van der Waals surface area contributed by atoms with Crippen molar-refractivity contribution in [2.75, 3.05) is 17.8 Å². The number of carbonyl (C=O) groups excluding carboxylic acids is 1. The molecule has 102 valence electrons. The van der Waals surface area contributed by atoms with E-state index in [9.17, 15) is 4.79 Å². The summed E-state index contributed by atoms with van der Waals surface area (Å²) in [6, 6.07) is 8.52. The van der Waals surface area contributed by atoms with Crippen LogP contribution in [-0.4, -0.2) is 17.7 Å². The topological polar surface area (TPSA) is 86.5 Å². The molecular weight excluding hydrogens is 258 g/mol. The minimum atomic E-state index is -0.320. The summed E-state index contributed by atoms with van der Waals surface area (Å²) in [5, 5.41) is 2.72. The van der Waals surface area contributed by atoms with Gasteiger partial charge in [-0.25, -0.2) is 4.98 Å². The fraction of sp³-hybridized carbons (Fsp3) is 0.143. The first-order valence-corrected chi connectivity index (χ1v) is 6.07. The Morgan fingerprint density at radius 1 is 1.30 bits per heavy atom. The minimum absolute atomic E-state index is 0.158. The number of amides is 1. The SMILES string of the molecule is Cc1cccc(C(=O)Nc2cc3c(cc2N)OCO3)n1. The number of pyridine rings is 1. The van der Waals surface area contributed by atoms with Gasteiger partial charge < -0.3 is 20.5 Å². The Labute approximate surface area is 115 Å². The van der Waals surface area contributed by atoms with Gasteiger partial charge in [-0.05, 0) is 19.1 Å². The van der Waals surface area contributed by atoms with Crippen molar-refractivity contribution < 1.29 is 14.3 Å². The third kappa shape index (κ3) is 2.23. The van der Waals surface area contributed by atoms with Gasteiger partial charge in [-0.1, -0.05) is 6.07 Å². The number of benzene rings is 1. The number of nitrogens with zero attached hydrogens (tertiary/aromatic N) is 1. The van der Waals surface area contributed by atoms with Crippen LogP contribution >= 0.6 is 0 Å². The highest BCUT2D eigenvalue weighted by Crippen LogP contribution is 2.38. The summed E-state index contributed by atoms with van der Waals surface area (Å²) in [7, 11) is 0. The molecule has 0 saturated heterocycles. The lowest BCUT2D eigenvalue weighted by Crippen LogP contribution is -2.15. The highest BCUT2D eigenvalue weighted by atomic mass is 16.7. The third-order valence-corrected chi connectivity index (χ3v) is 2.91. The number of ether oxygens (including phenoxy) is 2. The average molecular weight is 271 g/mol. The van der Waals surface area contributed by atoms with E-state index in [-0.39, 0.29) is 12.7 Å². The van der Waals surface area contributed by atoms with Gasteiger partial charge in [-0.3, -0.25) is 4.79 Å². The van der Waals surface area contributed by atoms with Crippen LogP contribution in [-0.2, 0) is 0 Å². The summed E-state index contributed by atoms with van der Waals surface area (Å²) in [6.07, 6.45) is 0. The Bertz CT molecular complexity index is 685. The normalized spacial score (nSPS) is 12.2. The highest BCUT2D eigenvalue weighted by Gasteiger charge is 2.18. The van der Waals surface area contributed by atoms with Crippen molar-refractivity contribution in [1.29, 1.82) is 0 Å². The number of carbonyl (C=O) groups is 1. The maximum Gasteiger partial charge on any atom is 0.274 e. The molecule has 3 rings (SSSR count). The molecular formula is C14H13N3O3. The molecule has 1 aromatic heterocycles. The number of aromatic nitrogens is 1. The number of nitrogens with one attached hydrogen (secondary N) is 1. The number of hydrogen-bond acceptors (Lipinski definition) is 5. The van der Waals surface area contributed by atoms with Crippen LogP contribution in [0.1, 0.15) is 16.2 Å². The summed E-state index contributed by atoms with van der Waals surface area (Å²) in [6.45, 7) is 1.98. The van der Waals surface area contributed by atoms with E-state index in [0.29, 0.717) is 28.6 Å². The van der Waals surface area contributed by atoms with Gasteiger partial charge in [0, 0.05) is 17.8 Å². The molecule has 1 aliphatic heterocycles. The molecule has 6 nitrogen and oxygen atoms in total. The molecule has 0 radical (unpaired) electrons. The fourth-order valence-electron chi connectivity index (χ4n) is 1.92. The molecule has 0 spiro atoms. The first-order valence-electron chi connectivity index (χ1n) is 6.07. The smallest absolute Gasteiger partial charge is 0.274 e. The lowest BCUT2D eigenvalue weighted by Gasteiger charge is -2.09. The molecule has 0 aliphatic carbocycles. The summed E-state index contributed by atoms with van der Waals surface area (Å²) >= 11 is 0. The van der Waals surface area contributed by atoms with Crippen LogP contribution in [0.4, 0.5) is 11.4 Å². The number of aryl methyl sites for hydroxylation is 1. The second-order valence-corrected chi connectivity index (χ2v) is 4.41. The summed E-state index contributed by atoms with van der Waals surface area (Å²) in [4.78, 5) is 16.3. The largest absolute Gasteiger partial charge is 0.454 e.